The van der Waals surface area contributed by atoms with Crippen LogP contribution in [0.2, 0.25) is 0 Å². The van der Waals surface area contributed by atoms with Gasteiger partial charge in [-0.15, -0.1) is 11.8 Å². The molecule has 0 aromatic carbocycles. The SMILES string of the molecule is BrCC1(CSc2ncnc3nc[nH]c23)CCCCC1. The first-order valence-electron chi connectivity index (χ1n) is 6.66. The van der Waals surface area contributed by atoms with Crippen molar-refractivity contribution in [2.24, 2.45) is 5.41 Å². The van der Waals surface area contributed by atoms with Crippen LogP contribution in [0.15, 0.2) is 17.7 Å². The molecule has 1 aliphatic carbocycles. The van der Waals surface area contributed by atoms with Gasteiger partial charge in [-0.05, 0) is 18.3 Å². The van der Waals surface area contributed by atoms with Crippen LogP contribution < -0.4 is 0 Å². The normalized spacial score (nSPS) is 18.8. The minimum Gasteiger partial charge on any atom is -0.341 e. The van der Waals surface area contributed by atoms with Gasteiger partial charge < -0.3 is 4.98 Å². The molecule has 1 saturated carbocycles. The Balaban J connectivity index is 1.76. The maximum absolute atomic E-state index is 4.39. The van der Waals surface area contributed by atoms with E-state index in [0.717, 1.165) is 27.3 Å². The third kappa shape index (κ3) is 2.79. The Morgan fingerprint density at radius 2 is 2.05 bits per heavy atom. The Morgan fingerprint density at radius 3 is 2.84 bits per heavy atom. The van der Waals surface area contributed by atoms with E-state index in [-0.39, 0.29) is 0 Å². The van der Waals surface area contributed by atoms with Crippen molar-refractivity contribution < 1.29 is 0 Å². The highest BCUT2D eigenvalue weighted by atomic mass is 79.9. The Kier molecular flexibility index (Phi) is 4.07. The highest BCUT2D eigenvalue weighted by Gasteiger charge is 2.31. The summed E-state index contributed by atoms with van der Waals surface area (Å²) in [6.45, 7) is 0. The average molecular weight is 341 g/mol. The lowest BCUT2D eigenvalue weighted by molar-refractivity contribution is 0.260. The lowest BCUT2D eigenvalue weighted by atomic mass is 9.77. The molecule has 0 saturated heterocycles. The predicted octanol–water partition coefficient (Wildman–Crippen LogP) is 3.79. The monoisotopic (exact) mass is 340 g/mol. The lowest BCUT2D eigenvalue weighted by Gasteiger charge is -2.35. The van der Waals surface area contributed by atoms with Crippen molar-refractivity contribution in [3.63, 3.8) is 0 Å². The number of nitrogens with zero attached hydrogens (tertiary/aromatic N) is 3. The maximum Gasteiger partial charge on any atom is 0.181 e. The molecule has 6 heteroatoms. The van der Waals surface area contributed by atoms with Gasteiger partial charge in [-0.2, -0.15) is 0 Å². The van der Waals surface area contributed by atoms with E-state index in [2.05, 4.69) is 35.9 Å². The Bertz CT molecular complexity index is 550. The molecule has 1 fully saturated rings. The van der Waals surface area contributed by atoms with Crippen molar-refractivity contribution >= 4 is 38.9 Å². The number of alkyl halides is 1. The maximum atomic E-state index is 4.39. The van der Waals surface area contributed by atoms with E-state index in [4.69, 9.17) is 0 Å². The lowest BCUT2D eigenvalue weighted by Crippen LogP contribution is -2.28. The number of aromatic amines is 1. The molecule has 0 amide bonds. The standard InChI is InChI=1S/C13H17BrN4S/c14-6-13(4-2-1-3-5-13)7-19-12-10-11(16-8-15-10)17-9-18-12/h8-9H,1-7H2,(H,15,16,17,18). The third-order valence-electron chi connectivity index (χ3n) is 3.90. The van der Waals surface area contributed by atoms with Crippen LogP contribution >= 0.6 is 27.7 Å². The second-order valence-corrected chi connectivity index (χ2v) is 6.79. The number of hydrogen-bond acceptors (Lipinski definition) is 4. The molecule has 0 atom stereocenters. The number of H-pyrrole nitrogens is 1. The number of aromatic nitrogens is 4. The summed E-state index contributed by atoms with van der Waals surface area (Å²) in [5.74, 6) is 1.11. The van der Waals surface area contributed by atoms with Gasteiger partial charge in [-0.3, -0.25) is 0 Å². The van der Waals surface area contributed by atoms with Crippen LogP contribution in [0.4, 0.5) is 0 Å². The summed E-state index contributed by atoms with van der Waals surface area (Å²) in [6, 6.07) is 0. The van der Waals surface area contributed by atoms with Crippen LogP contribution in [-0.2, 0) is 0 Å². The van der Waals surface area contributed by atoms with Crippen molar-refractivity contribution in [1.29, 1.82) is 0 Å². The summed E-state index contributed by atoms with van der Waals surface area (Å²) in [4.78, 5) is 15.9. The summed E-state index contributed by atoms with van der Waals surface area (Å²) in [6.07, 6.45) is 10.0. The summed E-state index contributed by atoms with van der Waals surface area (Å²) in [5, 5.41) is 2.11. The molecule has 0 spiro atoms. The van der Waals surface area contributed by atoms with Crippen LogP contribution in [0, 0.1) is 5.41 Å². The van der Waals surface area contributed by atoms with Crippen LogP contribution in [0.3, 0.4) is 0 Å². The van der Waals surface area contributed by atoms with Gasteiger partial charge in [0.05, 0.1) is 6.33 Å². The third-order valence-corrected chi connectivity index (χ3v) is 6.43. The molecular weight excluding hydrogens is 324 g/mol. The van der Waals surface area contributed by atoms with Crippen molar-refractivity contribution in [2.45, 2.75) is 37.1 Å². The molecule has 0 aliphatic heterocycles. The van der Waals surface area contributed by atoms with E-state index in [1.165, 1.54) is 32.1 Å². The van der Waals surface area contributed by atoms with Crippen LogP contribution in [-0.4, -0.2) is 31.0 Å². The van der Waals surface area contributed by atoms with Gasteiger partial charge in [-0.1, -0.05) is 35.2 Å². The van der Waals surface area contributed by atoms with Gasteiger partial charge in [-0.25, -0.2) is 15.0 Å². The second kappa shape index (κ2) is 5.79. The number of halogens is 1. The largest absolute Gasteiger partial charge is 0.341 e. The Hall–Kier alpha value is -0.620. The Morgan fingerprint density at radius 1 is 1.21 bits per heavy atom. The zero-order chi connectivity index (χ0) is 13.1. The van der Waals surface area contributed by atoms with E-state index in [0.29, 0.717) is 5.41 Å². The van der Waals surface area contributed by atoms with Gasteiger partial charge in [0.15, 0.2) is 5.65 Å². The fourth-order valence-electron chi connectivity index (χ4n) is 2.69. The zero-order valence-corrected chi connectivity index (χ0v) is 13.1. The van der Waals surface area contributed by atoms with Gasteiger partial charge in [0, 0.05) is 11.1 Å². The molecule has 3 rings (SSSR count). The van der Waals surface area contributed by atoms with Crippen molar-refractivity contribution in [3.05, 3.63) is 12.7 Å². The molecule has 2 heterocycles. The molecule has 4 nitrogen and oxygen atoms in total. The molecule has 2 aromatic rings. The number of thioether (sulfide) groups is 1. The molecular formula is C13H17BrN4S. The summed E-state index contributed by atoms with van der Waals surface area (Å²) < 4.78 is 0. The number of fused-ring (bicyclic) bond motifs is 1. The number of nitrogens with one attached hydrogen (secondary N) is 1. The molecule has 2 aromatic heterocycles. The van der Waals surface area contributed by atoms with E-state index in [1.807, 2.05) is 11.8 Å². The first-order valence-corrected chi connectivity index (χ1v) is 8.77. The van der Waals surface area contributed by atoms with Crippen LogP contribution in [0.25, 0.3) is 11.2 Å². The summed E-state index contributed by atoms with van der Waals surface area (Å²) >= 11 is 5.55. The molecule has 1 aliphatic rings. The molecule has 0 bridgehead atoms. The number of imidazole rings is 1. The predicted molar refractivity (Wildman–Crippen MR) is 81.7 cm³/mol. The fraction of sp³-hybridized carbons (Fsp3) is 0.615. The van der Waals surface area contributed by atoms with E-state index < -0.39 is 0 Å². The number of rotatable bonds is 4. The quantitative estimate of drug-likeness (QED) is 0.522. The number of hydrogen-bond donors (Lipinski definition) is 1. The van der Waals surface area contributed by atoms with Crippen molar-refractivity contribution in [1.82, 2.24) is 19.9 Å². The highest BCUT2D eigenvalue weighted by Crippen LogP contribution is 2.42. The second-order valence-electron chi connectivity index (χ2n) is 5.26. The zero-order valence-electron chi connectivity index (χ0n) is 10.7. The van der Waals surface area contributed by atoms with Gasteiger partial charge >= 0.3 is 0 Å². The summed E-state index contributed by atoms with van der Waals surface area (Å²) in [7, 11) is 0. The fourth-order valence-corrected chi connectivity index (χ4v) is 4.96. The Labute approximate surface area is 125 Å². The molecule has 19 heavy (non-hydrogen) atoms. The smallest absolute Gasteiger partial charge is 0.181 e. The minimum absolute atomic E-state index is 0.431. The van der Waals surface area contributed by atoms with Crippen LogP contribution in [0.1, 0.15) is 32.1 Å². The molecule has 0 radical (unpaired) electrons. The van der Waals surface area contributed by atoms with E-state index in [9.17, 15) is 0 Å². The minimum atomic E-state index is 0.431. The first kappa shape index (κ1) is 13.4. The summed E-state index contributed by atoms with van der Waals surface area (Å²) in [5.41, 5.74) is 2.15. The average Bonchev–Trinajstić information content (AvgIpc) is 2.95. The van der Waals surface area contributed by atoms with E-state index in [1.54, 1.807) is 12.7 Å². The van der Waals surface area contributed by atoms with Gasteiger partial charge in [0.25, 0.3) is 0 Å². The first-order chi connectivity index (χ1) is 9.33. The van der Waals surface area contributed by atoms with Gasteiger partial charge in [0.2, 0.25) is 0 Å². The van der Waals surface area contributed by atoms with Gasteiger partial charge in [0.1, 0.15) is 16.9 Å². The van der Waals surface area contributed by atoms with Crippen molar-refractivity contribution in [2.75, 3.05) is 11.1 Å². The molecule has 1 N–H and O–H groups in total. The van der Waals surface area contributed by atoms with Crippen LogP contribution in [0.5, 0.6) is 0 Å². The highest BCUT2D eigenvalue weighted by molar-refractivity contribution is 9.09. The molecule has 102 valence electrons. The van der Waals surface area contributed by atoms with Crippen molar-refractivity contribution in [3.8, 4) is 0 Å². The van der Waals surface area contributed by atoms with E-state index >= 15 is 0 Å². The molecule has 0 unspecified atom stereocenters. The topological polar surface area (TPSA) is 54.5 Å².